The van der Waals surface area contributed by atoms with Crippen molar-refractivity contribution < 1.29 is 14.3 Å². The van der Waals surface area contributed by atoms with Gasteiger partial charge in [-0.3, -0.25) is 4.79 Å². The number of anilines is 1. The van der Waals surface area contributed by atoms with E-state index in [2.05, 4.69) is 24.0 Å². The molecule has 1 heterocycles. The van der Waals surface area contributed by atoms with E-state index in [-0.39, 0.29) is 6.09 Å². The Hall–Kier alpha value is -2.82. The summed E-state index contributed by atoms with van der Waals surface area (Å²) in [5.41, 5.74) is 4.60. The maximum Gasteiger partial charge on any atom is 0.410 e. The number of aldehydes is 1. The Morgan fingerprint density at radius 1 is 1.00 bits per heavy atom. The fourth-order valence-corrected chi connectivity index (χ4v) is 3.45. The van der Waals surface area contributed by atoms with Crippen molar-refractivity contribution in [3.05, 3.63) is 53.6 Å². The molecule has 5 nitrogen and oxygen atoms in total. The van der Waals surface area contributed by atoms with Crippen molar-refractivity contribution in [1.29, 1.82) is 0 Å². The molecule has 5 heteroatoms. The number of aryl methyl sites for hydroxylation is 1. The highest BCUT2D eigenvalue weighted by atomic mass is 16.6. The summed E-state index contributed by atoms with van der Waals surface area (Å²) >= 11 is 0. The van der Waals surface area contributed by atoms with E-state index in [4.69, 9.17) is 4.74 Å². The van der Waals surface area contributed by atoms with E-state index in [0.29, 0.717) is 18.7 Å². The smallest absolute Gasteiger partial charge is 0.410 e. The van der Waals surface area contributed by atoms with Crippen molar-refractivity contribution in [3.63, 3.8) is 0 Å². The lowest BCUT2D eigenvalue weighted by atomic mass is 9.96. The van der Waals surface area contributed by atoms with Crippen molar-refractivity contribution in [3.8, 4) is 11.1 Å². The third-order valence-corrected chi connectivity index (χ3v) is 4.86. The number of benzene rings is 2. The van der Waals surface area contributed by atoms with Gasteiger partial charge in [0.1, 0.15) is 11.9 Å². The number of ether oxygens (including phenoxy) is 1. The molecule has 0 aliphatic carbocycles. The first-order chi connectivity index (χ1) is 13.3. The molecule has 2 aromatic rings. The van der Waals surface area contributed by atoms with Gasteiger partial charge in [-0.15, -0.1) is 0 Å². The summed E-state index contributed by atoms with van der Waals surface area (Å²) in [5.74, 6) is 0. The van der Waals surface area contributed by atoms with E-state index in [1.807, 2.05) is 51.1 Å². The van der Waals surface area contributed by atoms with Crippen LogP contribution in [-0.4, -0.2) is 49.1 Å². The van der Waals surface area contributed by atoms with E-state index >= 15 is 0 Å². The van der Waals surface area contributed by atoms with Crippen LogP contribution in [0, 0.1) is 6.92 Å². The van der Waals surface area contributed by atoms with Gasteiger partial charge in [-0.25, -0.2) is 4.79 Å². The van der Waals surface area contributed by atoms with E-state index in [0.717, 1.165) is 36.2 Å². The Bertz CT molecular complexity index is 862. The van der Waals surface area contributed by atoms with Gasteiger partial charge < -0.3 is 14.5 Å². The summed E-state index contributed by atoms with van der Waals surface area (Å²) in [6, 6.07) is 14.0. The van der Waals surface area contributed by atoms with Crippen LogP contribution in [0.3, 0.4) is 0 Å². The molecule has 0 bridgehead atoms. The lowest BCUT2D eigenvalue weighted by Crippen LogP contribution is -2.50. The fraction of sp³-hybridized carbons (Fsp3) is 0.391. The molecule has 1 aliphatic rings. The largest absolute Gasteiger partial charge is 0.444 e. The van der Waals surface area contributed by atoms with Gasteiger partial charge in [-0.05, 0) is 57.0 Å². The molecule has 0 unspecified atom stereocenters. The average molecular weight is 380 g/mol. The number of rotatable bonds is 3. The molecule has 1 fully saturated rings. The lowest BCUT2D eigenvalue weighted by Gasteiger charge is -2.37. The summed E-state index contributed by atoms with van der Waals surface area (Å²) in [6.45, 7) is 10.4. The van der Waals surface area contributed by atoms with Crippen molar-refractivity contribution in [2.24, 2.45) is 0 Å². The molecular formula is C23H28N2O3. The molecule has 3 rings (SSSR count). The zero-order chi connectivity index (χ0) is 20.3. The summed E-state index contributed by atoms with van der Waals surface area (Å²) in [5, 5.41) is 0. The second-order valence-corrected chi connectivity index (χ2v) is 8.16. The minimum absolute atomic E-state index is 0.261. The fourth-order valence-electron chi connectivity index (χ4n) is 3.45. The molecule has 0 N–H and O–H groups in total. The Balaban J connectivity index is 1.83. The first-order valence-electron chi connectivity index (χ1n) is 9.66. The second-order valence-electron chi connectivity index (χ2n) is 8.16. The predicted octanol–water partition coefficient (Wildman–Crippen LogP) is 4.53. The van der Waals surface area contributed by atoms with Gasteiger partial charge in [-0.2, -0.15) is 0 Å². The third-order valence-electron chi connectivity index (χ3n) is 4.86. The van der Waals surface area contributed by atoms with Gasteiger partial charge in [-0.1, -0.05) is 24.3 Å². The Morgan fingerprint density at radius 3 is 2.29 bits per heavy atom. The molecule has 148 valence electrons. The van der Waals surface area contributed by atoms with Crippen LogP contribution in [0.4, 0.5) is 10.5 Å². The van der Waals surface area contributed by atoms with Crippen LogP contribution in [0.15, 0.2) is 42.5 Å². The number of hydrogen-bond donors (Lipinski definition) is 0. The summed E-state index contributed by atoms with van der Waals surface area (Å²) in [4.78, 5) is 27.7. The third kappa shape index (κ3) is 4.53. The normalized spacial score (nSPS) is 14.7. The van der Waals surface area contributed by atoms with Crippen LogP contribution < -0.4 is 4.90 Å². The monoisotopic (exact) mass is 380 g/mol. The zero-order valence-corrected chi connectivity index (χ0v) is 17.1. The van der Waals surface area contributed by atoms with Gasteiger partial charge in [0.15, 0.2) is 0 Å². The number of carbonyl (C=O) groups is 2. The summed E-state index contributed by atoms with van der Waals surface area (Å²) in [6.07, 6.45) is 0.619. The number of nitrogens with zero attached hydrogens (tertiary/aromatic N) is 2. The molecule has 1 amide bonds. The van der Waals surface area contributed by atoms with Gasteiger partial charge in [0.2, 0.25) is 0 Å². The van der Waals surface area contributed by atoms with Crippen LogP contribution in [-0.2, 0) is 4.74 Å². The molecule has 0 radical (unpaired) electrons. The maximum absolute atomic E-state index is 12.3. The van der Waals surface area contributed by atoms with E-state index < -0.39 is 5.60 Å². The highest BCUT2D eigenvalue weighted by molar-refractivity contribution is 5.87. The SMILES string of the molecule is Cc1ccccc1-c1cc(C=O)ccc1N1CCN(C(=O)OC(C)(C)C)CC1. The zero-order valence-electron chi connectivity index (χ0n) is 17.1. The standard InChI is InChI=1S/C23H28N2O3/c1-17-7-5-6-8-19(17)20-15-18(16-26)9-10-21(20)24-11-13-25(14-12-24)22(27)28-23(2,3)4/h5-10,15-16H,11-14H2,1-4H3. The summed E-state index contributed by atoms with van der Waals surface area (Å²) in [7, 11) is 0. The molecule has 0 saturated carbocycles. The summed E-state index contributed by atoms with van der Waals surface area (Å²) < 4.78 is 5.49. The predicted molar refractivity (Wildman–Crippen MR) is 112 cm³/mol. The van der Waals surface area contributed by atoms with Crippen LogP contribution in [0.25, 0.3) is 11.1 Å². The Labute approximate surface area is 166 Å². The van der Waals surface area contributed by atoms with Crippen LogP contribution >= 0.6 is 0 Å². The van der Waals surface area contributed by atoms with Gasteiger partial charge in [0.05, 0.1) is 0 Å². The van der Waals surface area contributed by atoms with Gasteiger partial charge in [0.25, 0.3) is 0 Å². The molecule has 2 aromatic carbocycles. The molecule has 0 spiro atoms. The van der Waals surface area contributed by atoms with E-state index in [9.17, 15) is 9.59 Å². The minimum atomic E-state index is -0.489. The van der Waals surface area contributed by atoms with E-state index in [1.165, 1.54) is 5.56 Å². The van der Waals surface area contributed by atoms with Crippen LogP contribution in [0.5, 0.6) is 0 Å². The van der Waals surface area contributed by atoms with Crippen LogP contribution in [0.2, 0.25) is 0 Å². The second kappa shape index (κ2) is 8.05. The van der Waals surface area contributed by atoms with Crippen LogP contribution in [0.1, 0.15) is 36.7 Å². The highest BCUT2D eigenvalue weighted by Crippen LogP contribution is 2.34. The van der Waals surface area contributed by atoms with Crippen molar-refractivity contribution >= 4 is 18.1 Å². The number of carbonyl (C=O) groups excluding carboxylic acids is 2. The van der Waals surface area contributed by atoms with Crippen molar-refractivity contribution in [1.82, 2.24) is 4.90 Å². The first kappa shape index (κ1) is 19.9. The molecule has 0 atom stereocenters. The Kier molecular flexibility index (Phi) is 5.73. The molecule has 28 heavy (non-hydrogen) atoms. The Morgan fingerprint density at radius 2 is 1.68 bits per heavy atom. The molecule has 1 aliphatic heterocycles. The first-order valence-corrected chi connectivity index (χ1v) is 9.66. The number of amides is 1. The minimum Gasteiger partial charge on any atom is -0.444 e. The van der Waals surface area contributed by atoms with Gasteiger partial charge in [0, 0.05) is 43.0 Å². The van der Waals surface area contributed by atoms with Crippen molar-refractivity contribution in [2.45, 2.75) is 33.3 Å². The molecule has 0 aromatic heterocycles. The highest BCUT2D eigenvalue weighted by Gasteiger charge is 2.27. The lowest BCUT2D eigenvalue weighted by molar-refractivity contribution is 0.0240. The number of hydrogen-bond acceptors (Lipinski definition) is 4. The maximum atomic E-state index is 12.3. The quantitative estimate of drug-likeness (QED) is 0.734. The van der Waals surface area contributed by atoms with Crippen molar-refractivity contribution in [2.75, 3.05) is 31.1 Å². The van der Waals surface area contributed by atoms with Gasteiger partial charge >= 0.3 is 6.09 Å². The number of piperazine rings is 1. The molecular weight excluding hydrogens is 352 g/mol. The topological polar surface area (TPSA) is 49.9 Å². The average Bonchev–Trinajstić information content (AvgIpc) is 2.67. The molecule has 1 saturated heterocycles. The van der Waals surface area contributed by atoms with E-state index in [1.54, 1.807) is 4.90 Å².